The van der Waals surface area contributed by atoms with Gasteiger partial charge in [0.25, 0.3) is 0 Å². The van der Waals surface area contributed by atoms with Crippen molar-refractivity contribution in [3.05, 3.63) is 87.9 Å². The van der Waals surface area contributed by atoms with E-state index in [-0.39, 0.29) is 17.6 Å². The van der Waals surface area contributed by atoms with Crippen molar-refractivity contribution in [1.82, 2.24) is 20.6 Å². The number of amides is 2. The quantitative estimate of drug-likeness (QED) is 0.104. The lowest BCUT2D eigenvalue weighted by molar-refractivity contribution is -0.136. The topological polar surface area (TPSA) is 135 Å². The van der Waals surface area contributed by atoms with Crippen molar-refractivity contribution in [3.8, 4) is 17.2 Å². The number of carbonyl (C=O) groups excluding carboxylic acids is 2. The molecular weight excluding hydrogens is 574 g/mol. The van der Waals surface area contributed by atoms with Crippen molar-refractivity contribution >= 4 is 18.2 Å². The molecule has 0 aliphatic carbocycles. The van der Waals surface area contributed by atoms with Gasteiger partial charge in [-0.3, -0.25) is 5.43 Å². The molecule has 45 heavy (non-hydrogen) atoms. The summed E-state index contributed by atoms with van der Waals surface area (Å²) in [5.41, 5.74) is 9.45. The van der Waals surface area contributed by atoms with Crippen LogP contribution in [0.5, 0.6) is 11.5 Å². The number of nitrogens with zero attached hydrogens (tertiary/aromatic N) is 2. The van der Waals surface area contributed by atoms with Gasteiger partial charge < -0.3 is 34.5 Å². The summed E-state index contributed by atoms with van der Waals surface area (Å²) in [5.74, 6) is 0.213. The van der Waals surface area contributed by atoms with Gasteiger partial charge in [0, 0.05) is 28.3 Å². The fraction of sp³-hybridized carbons (Fsp3) is 0.382. The lowest BCUT2D eigenvalue weighted by Crippen LogP contribution is -2.45. The number of carbonyl (C=O) groups is 2. The average Bonchev–Trinajstić information content (AvgIpc) is 3.27. The molecule has 0 saturated heterocycles. The number of aromatic nitrogens is 1. The van der Waals surface area contributed by atoms with Crippen LogP contribution in [0.25, 0.3) is 5.69 Å². The summed E-state index contributed by atoms with van der Waals surface area (Å²) in [6.45, 7) is 14.4. The van der Waals surface area contributed by atoms with Crippen LogP contribution >= 0.6 is 0 Å². The van der Waals surface area contributed by atoms with Crippen molar-refractivity contribution < 1.29 is 28.9 Å². The maximum atomic E-state index is 12.5. The minimum atomic E-state index is -1.11. The van der Waals surface area contributed by atoms with Crippen molar-refractivity contribution in [2.45, 2.75) is 66.2 Å². The van der Waals surface area contributed by atoms with Crippen LogP contribution in [0, 0.1) is 13.8 Å². The Morgan fingerprint density at radius 1 is 1.09 bits per heavy atom. The highest BCUT2D eigenvalue weighted by molar-refractivity contribution is 5.95. The summed E-state index contributed by atoms with van der Waals surface area (Å²) in [6.07, 6.45) is 0.567. The second kappa shape index (κ2) is 13.9. The number of allylic oxidation sites excluding steroid dienone is 1. The SMILES string of the molecule is CCOc1cc([C@H]2NC(=O)NC(C)=C2C(=O)OC)ccc1OC[C@@H](O)N/N=C\c1cc(C)n(-c2ccc(C(C)(C)C)cc2)c1C. The summed E-state index contributed by atoms with van der Waals surface area (Å²) >= 11 is 0. The van der Waals surface area contributed by atoms with Gasteiger partial charge >= 0.3 is 12.0 Å². The average molecular weight is 618 g/mol. The number of nitrogens with one attached hydrogen (secondary N) is 3. The van der Waals surface area contributed by atoms with Gasteiger partial charge in [-0.15, -0.1) is 0 Å². The summed E-state index contributed by atoms with van der Waals surface area (Å²) in [4.78, 5) is 24.6. The lowest BCUT2D eigenvalue weighted by Gasteiger charge is -2.28. The van der Waals surface area contributed by atoms with E-state index in [9.17, 15) is 14.7 Å². The zero-order valence-corrected chi connectivity index (χ0v) is 27.1. The van der Waals surface area contributed by atoms with Crippen molar-refractivity contribution in [2.24, 2.45) is 5.10 Å². The van der Waals surface area contributed by atoms with Gasteiger partial charge in [0.05, 0.1) is 31.5 Å². The van der Waals surface area contributed by atoms with Crippen LogP contribution in [0.15, 0.2) is 64.9 Å². The molecule has 3 aromatic rings. The van der Waals surface area contributed by atoms with Crippen LogP contribution in [0.2, 0.25) is 0 Å². The molecule has 2 amide bonds. The third-order valence-electron chi connectivity index (χ3n) is 7.56. The van der Waals surface area contributed by atoms with Crippen LogP contribution in [0.3, 0.4) is 0 Å². The zero-order chi connectivity index (χ0) is 32.9. The molecule has 11 nitrogen and oxygen atoms in total. The largest absolute Gasteiger partial charge is 0.490 e. The number of urea groups is 1. The molecule has 2 heterocycles. The molecule has 0 bridgehead atoms. The number of methoxy groups -OCH3 is 1. The van der Waals surface area contributed by atoms with Crippen LogP contribution in [-0.4, -0.2) is 54.4 Å². The van der Waals surface area contributed by atoms with E-state index in [1.165, 1.54) is 12.7 Å². The van der Waals surface area contributed by atoms with E-state index in [4.69, 9.17) is 14.2 Å². The smallest absolute Gasteiger partial charge is 0.337 e. The van der Waals surface area contributed by atoms with Crippen LogP contribution in [0.4, 0.5) is 4.79 Å². The summed E-state index contributed by atoms with van der Waals surface area (Å²) in [5, 5.41) is 20.1. The lowest BCUT2D eigenvalue weighted by atomic mass is 9.87. The first kappa shape index (κ1) is 33.1. The van der Waals surface area contributed by atoms with Gasteiger partial charge in [-0.25, -0.2) is 9.59 Å². The highest BCUT2D eigenvalue weighted by Gasteiger charge is 2.32. The number of esters is 1. The second-order valence-electron chi connectivity index (χ2n) is 11.9. The molecule has 11 heteroatoms. The van der Waals surface area contributed by atoms with Gasteiger partial charge in [-0.1, -0.05) is 39.0 Å². The van der Waals surface area contributed by atoms with Crippen molar-refractivity contribution in [1.29, 1.82) is 0 Å². The Morgan fingerprint density at radius 2 is 1.80 bits per heavy atom. The summed E-state index contributed by atoms with van der Waals surface area (Å²) in [7, 11) is 1.28. The first-order chi connectivity index (χ1) is 21.3. The van der Waals surface area contributed by atoms with Crippen molar-refractivity contribution in [3.63, 3.8) is 0 Å². The van der Waals surface area contributed by atoms with Crippen LogP contribution in [-0.2, 0) is 14.9 Å². The monoisotopic (exact) mass is 617 g/mol. The number of aliphatic hydroxyl groups excluding tert-OH is 1. The Morgan fingerprint density at radius 3 is 2.44 bits per heavy atom. The molecule has 0 saturated carbocycles. The Labute approximate surface area is 264 Å². The molecule has 2 aromatic carbocycles. The highest BCUT2D eigenvalue weighted by Crippen LogP contribution is 2.35. The van der Waals surface area contributed by atoms with Gasteiger partial charge in [0.1, 0.15) is 6.61 Å². The Kier molecular flexibility index (Phi) is 10.2. The number of ether oxygens (including phenoxy) is 3. The standard InChI is InChI=1S/C34H43N5O6/c1-9-44-28-17-23(31-30(32(41)43-8)21(3)36-33(42)37-31)10-15-27(28)45-19-29(40)38-35-18-24-16-20(2)39(22(24)4)26-13-11-25(12-14-26)34(5,6)7/h10-18,29,31,38,40H,9,19H2,1-8H3,(H2,36,37,42)/b35-18-/t29-,31-/m1/s1. The Bertz CT molecular complexity index is 1600. The van der Waals surface area contributed by atoms with Gasteiger partial charge in [0.15, 0.2) is 17.7 Å². The molecule has 0 fully saturated rings. The molecule has 240 valence electrons. The van der Waals surface area contributed by atoms with Gasteiger partial charge in [-0.2, -0.15) is 5.10 Å². The van der Waals surface area contributed by atoms with Gasteiger partial charge in [0.2, 0.25) is 0 Å². The van der Waals surface area contributed by atoms with E-state index >= 15 is 0 Å². The minimum Gasteiger partial charge on any atom is -0.490 e. The molecule has 0 radical (unpaired) electrons. The maximum absolute atomic E-state index is 12.5. The predicted molar refractivity (Wildman–Crippen MR) is 173 cm³/mol. The molecule has 0 spiro atoms. The highest BCUT2D eigenvalue weighted by atomic mass is 16.5. The van der Waals surface area contributed by atoms with Crippen molar-refractivity contribution in [2.75, 3.05) is 20.3 Å². The molecular formula is C34H43N5O6. The maximum Gasteiger partial charge on any atom is 0.337 e. The number of benzene rings is 2. The molecule has 0 unspecified atom stereocenters. The molecule has 1 aliphatic rings. The van der Waals surface area contributed by atoms with E-state index < -0.39 is 24.3 Å². The number of rotatable bonds is 11. The van der Waals surface area contributed by atoms with E-state index in [1.54, 1.807) is 31.3 Å². The van der Waals surface area contributed by atoms with E-state index in [1.807, 2.05) is 26.8 Å². The molecule has 1 aromatic heterocycles. The summed E-state index contributed by atoms with van der Waals surface area (Å²) < 4.78 is 18.7. The van der Waals surface area contributed by atoms with Gasteiger partial charge in [-0.05, 0) is 74.6 Å². The number of hydrogen-bond donors (Lipinski definition) is 4. The van der Waals surface area contributed by atoms with Crippen LogP contribution < -0.4 is 25.5 Å². The third kappa shape index (κ3) is 7.66. The van der Waals surface area contributed by atoms with E-state index in [2.05, 4.69) is 70.8 Å². The Hall–Kier alpha value is -4.77. The number of aliphatic hydroxyl groups is 1. The number of hydrazone groups is 1. The fourth-order valence-corrected chi connectivity index (χ4v) is 5.24. The first-order valence-electron chi connectivity index (χ1n) is 14.9. The number of aryl methyl sites for hydroxylation is 1. The molecule has 1 aliphatic heterocycles. The van der Waals surface area contributed by atoms with E-state index in [0.29, 0.717) is 29.4 Å². The summed E-state index contributed by atoms with van der Waals surface area (Å²) in [6, 6.07) is 14.5. The minimum absolute atomic E-state index is 0.0833. The fourth-order valence-electron chi connectivity index (χ4n) is 5.24. The second-order valence-corrected chi connectivity index (χ2v) is 11.9. The molecule has 4 N–H and O–H groups in total. The first-order valence-corrected chi connectivity index (χ1v) is 14.9. The number of hydrogen-bond acceptors (Lipinski definition) is 8. The normalized spacial score (nSPS) is 15.8. The molecule has 4 rings (SSSR count). The molecule has 2 atom stereocenters. The van der Waals surface area contributed by atoms with E-state index in [0.717, 1.165) is 22.6 Å². The third-order valence-corrected chi connectivity index (χ3v) is 7.56. The Balaban J connectivity index is 1.42. The van der Waals surface area contributed by atoms with Crippen LogP contribution in [0.1, 0.15) is 68.7 Å². The predicted octanol–water partition coefficient (Wildman–Crippen LogP) is 4.91. The zero-order valence-electron chi connectivity index (χ0n) is 27.1.